The third-order valence-corrected chi connectivity index (χ3v) is 2.47. The van der Waals surface area contributed by atoms with Gasteiger partial charge in [0.1, 0.15) is 6.61 Å². The number of nitrogens with one attached hydrogen (secondary N) is 1. The fourth-order valence-electron chi connectivity index (χ4n) is 0.968. The lowest BCUT2D eigenvalue weighted by molar-refractivity contribution is 0.137. The van der Waals surface area contributed by atoms with Gasteiger partial charge in [0, 0.05) is 16.6 Å². The summed E-state index contributed by atoms with van der Waals surface area (Å²) in [6.07, 6.45) is -0.528. The highest BCUT2D eigenvalue weighted by Crippen LogP contribution is 2.16. The first-order chi connectivity index (χ1) is 7.24. The monoisotopic (exact) mass is 273 g/mol. The van der Waals surface area contributed by atoms with E-state index in [0.717, 1.165) is 10.0 Å². The number of carbonyl (C=O) groups is 1. The third kappa shape index (κ3) is 4.31. The molecule has 1 aromatic carbocycles. The fourth-order valence-corrected chi connectivity index (χ4v) is 1.37. The molecule has 1 aromatic rings. The topological polar surface area (TPSA) is 58.6 Å². The predicted octanol–water partition coefficient (Wildman–Crippen LogP) is 1.67. The van der Waals surface area contributed by atoms with Gasteiger partial charge in [-0.15, -0.1) is 0 Å². The Balaban J connectivity index is 2.37. The van der Waals surface area contributed by atoms with Crippen molar-refractivity contribution in [1.29, 1.82) is 0 Å². The molecule has 0 radical (unpaired) electrons. The zero-order valence-corrected chi connectivity index (χ0v) is 9.66. The largest absolute Gasteiger partial charge is 0.445 e. The van der Waals surface area contributed by atoms with Crippen molar-refractivity contribution in [3.05, 3.63) is 34.3 Å². The van der Waals surface area contributed by atoms with Gasteiger partial charge in [-0.1, -0.05) is 34.1 Å². The molecule has 4 nitrogen and oxygen atoms in total. The number of aliphatic hydroxyl groups is 1. The molecule has 1 amide bonds. The Morgan fingerprint density at radius 2 is 2.20 bits per heavy atom. The molecule has 0 bridgehead atoms. The summed E-state index contributed by atoms with van der Waals surface area (Å²) in [6.45, 7) is 0.317. The van der Waals surface area contributed by atoms with E-state index < -0.39 is 6.09 Å². The third-order valence-electron chi connectivity index (χ3n) is 1.70. The Kier molecular flexibility index (Phi) is 5.14. The molecule has 5 heteroatoms. The van der Waals surface area contributed by atoms with Crippen molar-refractivity contribution >= 4 is 22.0 Å². The maximum Gasteiger partial charge on any atom is 0.407 e. The van der Waals surface area contributed by atoms with Gasteiger partial charge in [0.2, 0.25) is 0 Å². The molecule has 0 heterocycles. The Morgan fingerprint density at radius 1 is 1.47 bits per heavy atom. The minimum absolute atomic E-state index is 0.0931. The maximum atomic E-state index is 11.0. The van der Waals surface area contributed by atoms with Crippen LogP contribution < -0.4 is 5.32 Å². The second kappa shape index (κ2) is 6.42. The van der Waals surface area contributed by atoms with E-state index in [1.54, 1.807) is 0 Å². The molecular formula is C10H12BrNO3. The van der Waals surface area contributed by atoms with Crippen LogP contribution in [-0.4, -0.2) is 24.4 Å². The van der Waals surface area contributed by atoms with Gasteiger partial charge in [0.05, 0.1) is 6.61 Å². The zero-order valence-electron chi connectivity index (χ0n) is 8.07. The van der Waals surface area contributed by atoms with Crippen LogP contribution in [0, 0.1) is 0 Å². The first-order valence-corrected chi connectivity index (χ1v) is 5.28. The highest BCUT2D eigenvalue weighted by Gasteiger charge is 2.03. The Labute approximate surface area is 96.4 Å². The number of rotatable bonds is 4. The first kappa shape index (κ1) is 12.0. The van der Waals surface area contributed by atoms with Crippen LogP contribution in [0.3, 0.4) is 0 Å². The van der Waals surface area contributed by atoms with E-state index in [0.29, 0.717) is 0 Å². The van der Waals surface area contributed by atoms with Crippen LogP contribution in [0.2, 0.25) is 0 Å². The Bertz CT molecular complexity index is 330. The number of benzene rings is 1. The maximum absolute atomic E-state index is 11.0. The smallest absolute Gasteiger partial charge is 0.407 e. The van der Waals surface area contributed by atoms with Gasteiger partial charge < -0.3 is 15.2 Å². The normalized spacial score (nSPS) is 9.73. The molecule has 2 N–H and O–H groups in total. The molecule has 82 valence electrons. The number of hydrogen-bond acceptors (Lipinski definition) is 3. The van der Waals surface area contributed by atoms with Gasteiger partial charge in [-0.25, -0.2) is 4.79 Å². The number of carbonyl (C=O) groups excluding carboxylic acids is 1. The molecule has 0 fully saturated rings. The van der Waals surface area contributed by atoms with Crippen molar-refractivity contribution in [1.82, 2.24) is 5.32 Å². The van der Waals surface area contributed by atoms with Crippen LogP contribution in [0.1, 0.15) is 5.56 Å². The summed E-state index contributed by atoms with van der Waals surface area (Å²) in [6, 6.07) is 7.50. The van der Waals surface area contributed by atoms with E-state index in [1.165, 1.54) is 0 Å². The second-order valence-corrected chi connectivity index (χ2v) is 3.67. The van der Waals surface area contributed by atoms with Crippen LogP contribution >= 0.6 is 15.9 Å². The number of halogens is 1. The van der Waals surface area contributed by atoms with Crippen molar-refractivity contribution in [3.8, 4) is 0 Å². The van der Waals surface area contributed by atoms with Crippen molar-refractivity contribution in [3.63, 3.8) is 0 Å². The molecule has 1 rings (SSSR count). The van der Waals surface area contributed by atoms with Crippen LogP contribution in [-0.2, 0) is 11.3 Å². The van der Waals surface area contributed by atoms with Gasteiger partial charge >= 0.3 is 6.09 Å². The quantitative estimate of drug-likeness (QED) is 0.878. The van der Waals surface area contributed by atoms with Crippen LogP contribution in [0.15, 0.2) is 28.7 Å². The van der Waals surface area contributed by atoms with Gasteiger partial charge in [0.25, 0.3) is 0 Å². The van der Waals surface area contributed by atoms with Crippen LogP contribution in [0.25, 0.3) is 0 Å². The molecule has 0 aliphatic carbocycles. The fraction of sp³-hybridized carbons (Fsp3) is 0.300. The van der Waals surface area contributed by atoms with Gasteiger partial charge in [0.15, 0.2) is 0 Å². The molecule has 0 aromatic heterocycles. The van der Waals surface area contributed by atoms with E-state index in [1.807, 2.05) is 24.3 Å². The molecule has 0 aliphatic rings. The molecule has 15 heavy (non-hydrogen) atoms. The lowest BCUT2D eigenvalue weighted by atomic mass is 10.2. The highest BCUT2D eigenvalue weighted by atomic mass is 79.9. The summed E-state index contributed by atoms with van der Waals surface area (Å²) < 4.78 is 5.82. The predicted molar refractivity (Wildman–Crippen MR) is 59.4 cm³/mol. The molecular weight excluding hydrogens is 262 g/mol. The van der Waals surface area contributed by atoms with Crippen LogP contribution in [0.5, 0.6) is 0 Å². The standard InChI is InChI=1S/C10H12BrNO3/c11-9-4-2-1-3-8(9)7-15-10(14)12-5-6-13/h1-4,13H,5-7H2,(H,12,14). The summed E-state index contributed by atoms with van der Waals surface area (Å²) in [5.41, 5.74) is 0.900. The lowest BCUT2D eigenvalue weighted by Gasteiger charge is -2.06. The zero-order chi connectivity index (χ0) is 11.1. The molecule has 0 aliphatic heterocycles. The van der Waals surface area contributed by atoms with E-state index in [9.17, 15) is 4.79 Å². The highest BCUT2D eigenvalue weighted by molar-refractivity contribution is 9.10. The molecule has 0 spiro atoms. The summed E-state index contributed by atoms with van der Waals surface area (Å²) in [4.78, 5) is 11.0. The molecule has 0 saturated carbocycles. The SMILES string of the molecule is O=C(NCCO)OCc1ccccc1Br. The number of alkyl carbamates (subject to hydrolysis) is 1. The molecule has 0 atom stereocenters. The van der Waals surface area contributed by atoms with Crippen molar-refractivity contribution in [2.45, 2.75) is 6.61 Å². The number of amides is 1. The van der Waals surface area contributed by atoms with Gasteiger partial charge in [-0.3, -0.25) is 0 Å². The Hall–Kier alpha value is -1.07. The first-order valence-electron chi connectivity index (χ1n) is 4.49. The minimum Gasteiger partial charge on any atom is -0.445 e. The molecule has 0 saturated heterocycles. The van der Waals surface area contributed by atoms with Crippen molar-refractivity contribution in [2.24, 2.45) is 0 Å². The number of ether oxygens (including phenoxy) is 1. The average Bonchev–Trinajstić information content (AvgIpc) is 2.25. The van der Waals surface area contributed by atoms with E-state index in [4.69, 9.17) is 9.84 Å². The number of hydrogen-bond donors (Lipinski definition) is 2. The summed E-state index contributed by atoms with van der Waals surface area (Å²) >= 11 is 3.35. The van der Waals surface area contributed by atoms with Crippen molar-refractivity contribution < 1.29 is 14.6 Å². The van der Waals surface area contributed by atoms with Crippen LogP contribution in [0.4, 0.5) is 4.79 Å². The second-order valence-electron chi connectivity index (χ2n) is 2.82. The minimum atomic E-state index is -0.528. The molecule has 0 unspecified atom stereocenters. The lowest BCUT2D eigenvalue weighted by Crippen LogP contribution is -2.26. The van der Waals surface area contributed by atoms with Crippen molar-refractivity contribution in [2.75, 3.05) is 13.2 Å². The number of aliphatic hydroxyl groups excluding tert-OH is 1. The van der Waals surface area contributed by atoms with E-state index in [2.05, 4.69) is 21.2 Å². The Morgan fingerprint density at radius 3 is 2.87 bits per heavy atom. The van der Waals surface area contributed by atoms with E-state index in [-0.39, 0.29) is 19.8 Å². The van der Waals surface area contributed by atoms with Gasteiger partial charge in [-0.05, 0) is 6.07 Å². The van der Waals surface area contributed by atoms with E-state index >= 15 is 0 Å². The summed E-state index contributed by atoms with van der Waals surface area (Å²) in [5, 5.41) is 10.9. The van der Waals surface area contributed by atoms with Gasteiger partial charge in [-0.2, -0.15) is 0 Å². The summed E-state index contributed by atoms with van der Waals surface area (Å²) in [5.74, 6) is 0. The summed E-state index contributed by atoms with van der Waals surface area (Å²) in [7, 11) is 0. The average molecular weight is 274 g/mol.